The molecule has 5 nitrogen and oxygen atoms in total. The Kier molecular flexibility index (Phi) is 7.99. The van der Waals surface area contributed by atoms with Crippen molar-refractivity contribution in [3.63, 3.8) is 0 Å². The van der Waals surface area contributed by atoms with Crippen molar-refractivity contribution >= 4 is 17.8 Å². The van der Waals surface area contributed by atoms with Crippen LogP contribution in [0.25, 0.3) is 0 Å². The summed E-state index contributed by atoms with van der Waals surface area (Å²) in [6.45, 7) is 5.86. The smallest absolute Gasteiger partial charge is 0.317 e. The molecule has 1 atom stereocenters. The molecule has 2 saturated heterocycles. The molecule has 0 aliphatic carbocycles. The number of urea groups is 1. The topological polar surface area (TPSA) is 38.8 Å². The fourth-order valence-corrected chi connectivity index (χ4v) is 4.30. The molecule has 2 rings (SSSR count). The first-order valence-corrected chi connectivity index (χ1v) is 10.3. The molecule has 0 radical (unpaired) electrons. The van der Waals surface area contributed by atoms with E-state index in [9.17, 15) is 4.79 Å². The second kappa shape index (κ2) is 9.74. The summed E-state index contributed by atoms with van der Waals surface area (Å²) < 4.78 is 0. The summed E-state index contributed by atoms with van der Waals surface area (Å²) in [5.74, 6) is 0. The summed E-state index contributed by atoms with van der Waals surface area (Å²) in [6.07, 6.45) is 8.26. The standard InChI is InChI=1S/C17H34N4OS/c1-19(2)15-7-11-20(12-8-15)13-9-18-17(22)21-10-5-4-6-16(14-21)23-3/h15-16H,4-14H2,1-3H3,(H,18,22)/t16-/m1/s1. The molecule has 2 aliphatic heterocycles. The lowest BCUT2D eigenvalue weighted by molar-refractivity contribution is 0.144. The summed E-state index contributed by atoms with van der Waals surface area (Å²) in [6, 6.07) is 0.857. The fraction of sp³-hybridized carbons (Fsp3) is 0.941. The van der Waals surface area contributed by atoms with E-state index in [1.54, 1.807) is 0 Å². The summed E-state index contributed by atoms with van der Waals surface area (Å²) >= 11 is 1.90. The lowest BCUT2D eigenvalue weighted by Gasteiger charge is -2.35. The summed E-state index contributed by atoms with van der Waals surface area (Å²) in [7, 11) is 4.34. The molecule has 0 bridgehead atoms. The third-order valence-electron chi connectivity index (χ3n) is 5.24. The second-order valence-corrected chi connectivity index (χ2v) is 8.21. The lowest BCUT2D eigenvalue weighted by Crippen LogP contribution is -2.47. The lowest BCUT2D eigenvalue weighted by atomic mass is 10.0. The van der Waals surface area contributed by atoms with E-state index in [2.05, 4.69) is 35.5 Å². The van der Waals surface area contributed by atoms with Crippen molar-refractivity contribution in [3.8, 4) is 0 Å². The fourth-order valence-electron chi connectivity index (χ4n) is 3.57. The van der Waals surface area contributed by atoms with Crippen LogP contribution in [0.1, 0.15) is 32.1 Å². The number of nitrogens with zero attached hydrogens (tertiary/aromatic N) is 3. The van der Waals surface area contributed by atoms with Crippen molar-refractivity contribution in [1.29, 1.82) is 0 Å². The van der Waals surface area contributed by atoms with Crippen LogP contribution in [0, 0.1) is 0 Å². The molecule has 134 valence electrons. The van der Waals surface area contributed by atoms with Gasteiger partial charge < -0.3 is 20.0 Å². The number of nitrogens with one attached hydrogen (secondary N) is 1. The molecular formula is C17H34N4OS. The van der Waals surface area contributed by atoms with Gasteiger partial charge in [-0.15, -0.1) is 0 Å². The van der Waals surface area contributed by atoms with Gasteiger partial charge in [0.15, 0.2) is 0 Å². The zero-order valence-electron chi connectivity index (χ0n) is 15.1. The Hall–Kier alpha value is -0.460. The molecule has 2 fully saturated rings. The van der Waals surface area contributed by atoms with Gasteiger partial charge in [0.2, 0.25) is 0 Å². The largest absolute Gasteiger partial charge is 0.337 e. The van der Waals surface area contributed by atoms with Gasteiger partial charge in [0.1, 0.15) is 0 Å². The Labute approximate surface area is 146 Å². The number of hydrogen-bond acceptors (Lipinski definition) is 4. The quantitative estimate of drug-likeness (QED) is 0.829. The van der Waals surface area contributed by atoms with Crippen LogP contribution in [-0.2, 0) is 0 Å². The van der Waals surface area contributed by atoms with Crippen LogP contribution in [0.4, 0.5) is 4.79 Å². The Morgan fingerprint density at radius 1 is 1.17 bits per heavy atom. The minimum absolute atomic E-state index is 0.133. The number of thioether (sulfide) groups is 1. The van der Waals surface area contributed by atoms with Gasteiger partial charge in [0, 0.05) is 37.5 Å². The summed E-state index contributed by atoms with van der Waals surface area (Å²) in [4.78, 5) is 19.2. The van der Waals surface area contributed by atoms with Gasteiger partial charge in [-0.2, -0.15) is 11.8 Å². The zero-order chi connectivity index (χ0) is 16.7. The third-order valence-corrected chi connectivity index (χ3v) is 6.29. The van der Waals surface area contributed by atoms with Gasteiger partial charge in [-0.25, -0.2) is 4.79 Å². The van der Waals surface area contributed by atoms with Crippen LogP contribution in [-0.4, -0.2) is 91.6 Å². The number of hydrogen-bond donors (Lipinski definition) is 1. The SMILES string of the molecule is CS[C@@H]1CCCCN(C(=O)NCCN2CCC(N(C)C)CC2)C1. The first-order valence-electron chi connectivity index (χ1n) is 9.04. The maximum absolute atomic E-state index is 12.4. The second-order valence-electron chi connectivity index (χ2n) is 7.07. The summed E-state index contributed by atoms with van der Waals surface area (Å²) in [5, 5.41) is 3.74. The van der Waals surface area contributed by atoms with E-state index in [1.807, 2.05) is 16.7 Å². The van der Waals surface area contributed by atoms with E-state index in [1.165, 1.54) is 25.7 Å². The maximum Gasteiger partial charge on any atom is 0.317 e. The van der Waals surface area contributed by atoms with Crippen molar-refractivity contribution in [2.24, 2.45) is 0 Å². The molecule has 2 aliphatic rings. The molecule has 0 aromatic carbocycles. The maximum atomic E-state index is 12.4. The highest BCUT2D eigenvalue weighted by Gasteiger charge is 2.22. The van der Waals surface area contributed by atoms with E-state index in [0.717, 1.165) is 51.7 Å². The Morgan fingerprint density at radius 2 is 1.91 bits per heavy atom. The Bertz CT molecular complexity index is 359. The minimum Gasteiger partial charge on any atom is -0.337 e. The molecule has 23 heavy (non-hydrogen) atoms. The summed E-state index contributed by atoms with van der Waals surface area (Å²) in [5.41, 5.74) is 0. The molecule has 0 saturated carbocycles. The van der Waals surface area contributed by atoms with E-state index in [4.69, 9.17) is 0 Å². The minimum atomic E-state index is 0.133. The van der Waals surface area contributed by atoms with Crippen molar-refractivity contribution in [2.45, 2.75) is 43.4 Å². The van der Waals surface area contributed by atoms with Gasteiger partial charge in [-0.05, 0) is 59.1 Å². The van der Waals surface area contributed by atoms with E-state index in [0.29, 0.717) is 5.25 Å². The average Bonchev–Trinajstić information content (AvgIpc) is 2.81. The highest BCUT2D eigenvalue weighted by molar-refractivity contribution is 7.99. The van der Waals surface area contributed by atoms with Gasteiger partial charge >= 0.3 is 6.03 Å². The van der Waals surface area contributed by atoms with Crippen LogP contribution in [0.3, 0.4) is 0 Å². The molecule has 6 heteroatoms. The van der Waals surface area contributed by atoms with Crippen LogP contribution in [0.15, 0.2) is 0 Å². The van der Waals surface area contributed by atoms with Crippen LogP contribution in [0.2, 0.25) is 0 Å². The molecule has 0 unspecified atom stereocenters. The number of rotatable bonds is 5. The van der Waals surface area contributed by atoms with Crippen molar-refractivity contribution in [2.75, 3.05) is 59.6 Å². The van der Waals surface area contributed by atoms with E-state index in [-0.39, 0.29) is 6.03 Å². The van der Waals surface area contributed by atoms with Crippen molar-refractivity contribution in [3.05, 3.63) is 0 Å². The number of piperidine rings is 1. The van der Waals surface area contributed by atoms with Crippen molar-refractivity contribution in [1.82, 2.24) is 20.0 Å². The monoisotopic (exact) mass is 342 g/mol. The van der Waals surface area contributed by atoms with Gasteiger partial charge in [-0.3, -0.25) is 0 Å². The van der Waals surface area contributed by atoms with E-state index < -0.39 is 0 Å². The first-order chi connectivity index (χ1) is 11.1. The van der Waals surface area contributed by atoms with Crippen molar-refractivity contribution < 1.29 is 4.79 Å². The molecular weight excluding hydrogens is 308 g/mol. The average molecular weight is 343 g/mol. The first kappa shape index (κ1) is 18.9. The van der Waals surface area contributed by atoms with Crippen LogP contribution in [0.5, 0.6) is 0 Å². The highest BCUT2D eigenvalue weighted by atomic mass is 32.2. The number of likely N-dealkylation sites (tertiary alicyclic amines) is 2. The molecule has 0 aromatic heterocycles. The highest BCUT2D eigenvalue weighted by Crippen LogP contribution is 2.20. The molecule has 1 N–H and O–H groups in total. The van der Waals surface area contributed by atoms with Gasteiger partial charge in [0.05, 0.1) is 0 Å². The Morgan fingerprint density at radius 3 is 2.57 bits per heavy atom. The molecule has 0 aromatic rings. The normalized spacial score (nSPS) is 24.7. The van der Waals surface area contributed by atoms with E-state index >= 15 is 0 Å². The molecule has 0 spiro atoms. The molecule has 2 heterocycles. The third kappa shape index (κ3) is 6.16. The van der Waals surface area contributed by atoms with Gasteiger partial charge in [-0.1, -0.05) is 6.42 Å². The number of carbonyl (C=O) groups is 1. The van der Waals surface area contributed by atoms with Crippen LogP contribution < -0.4 is 5.32 Å². The Balaban J connectivity index is 1.64. The molecule has 2 amide bonds. The predicted octanol–water partition coefficient (Wildman–Crippen LogP) is 1.94. The predicted molar refractivity (Wildman–Crippen MR) is 99.3 cm³/mol. The number of amides is 2. The van der Waals surface area contributed by atoms with Gasteiger partial charge in [0.25, 0.3) is 0 Å². The van der Waals surface area contributed by atoms with Crippen LogP contribution >= 0.6 is 11.8 Å². The zero-order valence-corrected chi connectivity index (χ0v) is 15.9. The number of carbonyl (C=O) groups excluding carboxylic acids is 1.